The first-order chi connectivity index (χ1) is 10.3. The van der Waals surface area contributed by atoms with Crippen molar-refractivity contribution >= 4 is 7.92 Å². The van der Waals surface area contributed by atoms with Gasteiger partial charge in [0.15, 0.2) is 0 Å². The Morgan fingerprint density at radius 1 is 0.810 bits per heavy atom. The fourth-order valence-corrected chi connectivity index (χ4v) is 7.67. The molecule has 0 aliphatic heterocycles. The van der Waals surface area contributed by atoms with Crippen molar-refractivity contribution in [2.24, 2.45) is 5.92 Å². The van der Waals surface area contributed by atoms with Gasteiger partial charge >= 0.3 is 0 Å². The third kappa shape index (κ3) is 5.70. The highest BCUT2D eigenvalue weighted by Gasteiger charge is 2.29. The van der Waals surface area contributed by atoms with Gasteiger partial charge in [-0.3, -0.25) is 0 Å². The third-order valence-electron chi connectivity index (χ3n) is 5.89. The van der Waals surface area contributed by atoms with Crippen LogP contribution in [0.5, 0.6) is 0 Å². The Bertz CT molecular complexity index is 262. The van der Waals surface area contributed by atoms with Crippen LogP contribution in [0.1, 0.15) is 97.3 Å². The molecule has 0 aromatic heterocycles. The van der Waals surface area contributed by atoms with Crippen molar-refractivity contribution in [1.29, 1.82) is 0 Å². The average Bonchev–Trinajstić information content (AvgIpc) is 2.57. The van der Waals surface area contributed by atoms with Gasteiger partial charge in [0.05, 0.1) is 0 Å². The van der Waals surface area contributed by atoms with E-state index in [-0.39, 0.29) is 7.92 Å². The molecule has 2 rings (SSSR count). The van der Waals surface area contributed by atoms with E-state index in [0.717, 1.165) is 17.2 Å². The molecule has 0 spiro atoms. The zero-order chi connectivity index (χ0) is 14.9. The SMILES string of the molecule is CCC(CC)CC=CP(C1CCCCC1)C1CCCCC1. The van der Waals surface area contributed by atoms with E-state index in [4.69, 9.17) is 0 Å². The van der Waals surface area contributed by atoms with Crippen molar-refractivity contribution in [2.75, 3.05) is 0 Å². The molecule has 0 atom stereocenters. The summed E-state index contributed by atoms with van der Waals surface area (Å²) in [4.78, 5) is 0. The van der Waals surface area contributed by atoms with Crippen molar-refractivity contribution < 1.29 is 0 Å². The lowest BCUT2D eigenvalue weighted by Crippen LogP contribution is -2.19. The Kier molecular flexibility index (Phi) is 8.38. The molecule has 2 fully saturated rings. The van der Waals surface area contributed by atoms with Crippen molar-refractivity contribution in [2.45, 2.75) is 109 Å². The van der Waals surface area contributed by atoms with Crippen LogP contribution in [-0.2, 0) is 0 Å². The predicted octanol–water partition coefficient (Wildman–Crippen LogP) is 7.47. The topological polar surface area (TPSA) is 0 Å². The van der Waals surface area contributed by atoms with Crippen LogP contribution in [-0.4, -0.2) is 11.3 Å². The minimum Gasteiger partial charge on any atom is -0.0838 e. The molecular formula is C20H37P. The van der Waals surface area contributed by atoms with E-state index < -0.39 is 0 Å². The second-order valence-corrected chi connectivity index (χ2v) is 9.99. The maximum Gasteiger partial charge on any atom is -0.0172 e. The summed E-state index contributed by atoms with van der Waals surface area (Å²) in [7, 11) is 0.182. The van der Waals surface area contributed by atoms with E-state index in [2.05, 4.69) is 25.7 Å². The van der Waals surface area contributed by atoms with E-state index in [9.17, 15) is 0 Å². The largest absolute Gasteiger partial charge is 0.0838 e. The van der Waals surface area contributed by atoms with Crippen LogP contribution in [0, 0.1) is 5.92 Å². The number of rotatable bonds is 7. The molecule has 0 saturated heterocycles. The van der Waals surface area contributed by atoms with Crippen LogP contribution < -0.4 is 0 Å². The Balaban J connectivity index is 1.94. The number of hydrogen-bond acceptors (Lipinski definition) is 0. The Labute approximate surface area is 134 Å². The number of allylic oxidation sites excluding steroid dienone is 1. The fourth-order valence-electron chi connectivity index (χ4n) is 4.30. The summed E-state index contributed by atoms with van der Waals surface area (Å²) in [6.07, 6.45) is 21.9. The lowest BCUT2D eigenvalue weighted by molar-refractivity contribution is 0.486. The average molecular weight is 308 g/mol. The summed E-state index contributed by atoms with van der Waals surface area (Å²) >= 11 is 0. The molecule has 0 nitrogen and oxygen atoms in total. The van der Waals surface area contributed by atoms with Gasteiger partial charge in [0.25, 0.3) is 0 Å². The van der Waals surface area contributed by atoms with E-state index in [1.54, 1.807) is 0 Å². The molecule has 2 saturated carbocycles. The quantitative estimate of drug-likeness (QED) is 0.428. The van der Waals surface area contributed by atoms with Gasteiger partial charge in [0.1, 0.15) is 0 Å². The Morgan fingerprint density at radius 3 is 1.71 bits per heavy atom. The lowest BCUT2D eigenvalue weighted by atomic mass is 9.99. The molecule has 0 bridgehead atoms. The smallest absolute Gasteiger partial charge is 0.0172 e. The molecule has 0 radical (unpaired) electrons. The van der Waals surface area contributed by atoms with Gasteiger partial charge in [-0.25, -0.2) is 0 Å². The summed E-state index contributed by atoms with van der Waals surface area (Å²) in [5.74, 6) is 3.68. The van der Waals surface area contributed by atoms with E-state index >= 15 is 0 Å². The number of hydrogen-bond donors (Lipinski definition) is 0. The summed E-state index contributed by atoms with van der Waals surface area (Å²) in [5.41, 5.74) is 2.16. The first-order valence-corrected chi connectivity index (χ1v) is 11.3. The Hall–Kier alpha value is 0.170. The van der Waals surface area contributed by atoms with Crippen LogP contribution >= 0.6 is 7.92 Å². The normalized spacial score (nSPS) is 22.7. The fraction of sp³-hybridized carbons (Fsp3) is 0.900. The second-order valence-electron chi connectivity index (χ2n) is 7.33. The van der Waals surface area contributed by atoms with Crippen molar-refractivity contribution in [3.63, 3.8) is 0 Å². The molecule has 0 unspecified atom stereocenters. The van der Waals surface area contributed by atoms with Crippen LogP contribution in [0.4, 0.5) is 0 Å². The zero-order valence-corrected chi connectivity index (χ0v) is 15.4. The van der Waals surface area contributed by atoms with Gasteiger partial charge in [-0.15, -0.1) is 0 Å². The van der Waals surface area contributed by atoms with Gasteiger partial charge < -0.3 is 0 Å². The van der Waals surface area contributed by atoms with Crippen molar-refractivity contribution in [1.82, 2.24) is 0 Å². The molecule has 0 N–H and O–H groups in total. The van der Waals surface area contributed by atoms with Gasteiger partial charge in [-0.2, -0.15) is 0 Å². The first kappa shape index (κ1) is 17.5. The summed E-state index contributed by atoms with van der Waals surface area (Å²) in [6, 6.07) is 0. The molecule has 0 heterocycles. The molecule has 2 aliphatic carbocycles. The van der Waals surface area contributed by atoms with E-state index in [1.807, 2.05) is 0 Å². The molecular weight excluding hydrogens is 271 g/mol. The monoisotopic (exact) mass is 308 g/mol. The molecule has 2 aliphatic rings. The maximum atomic E-state index is 2.75. The summed E-state index contributed by atoms with van der Waals surface area (Å²) in [6.45, 7) is 4.71. The van der Waals surface area contributed by atoms with Gasteiger partial charge in [0.2, 0.25) is 0 Å². The van der Waals surface area contributed by atoms with Gasteiger partial charge in [-0.1, -0.05) is 85.0 Å². The molecule has 0 aromatic carbocycles. The van der Waals surface area contributed by atoms with Gasteiger partial charge in [-0.05, 0) is 49.3 Å². The van der Waals surface area contributed by atoms with Crippen LogP contribution in [0.15, 0.2) is 11.9 Å². The Morgan fingerprint density at radius 2 is 1.29 bits per heavy atom. The van der Waals surface area contributed by atoms with Gasteiger partial charge in [0, 0.05) is 0 Å². The lowest BCUT2D eigenvalue weighted by Gasteiger charge is -2.36. The molecule has 0 amide bonds. The summed E-state index contributed by atoms with van der Waals surface area (Å²) in [5, 5.41) is 0. The minimum absolute atomic E-state index is 0.182. The van der Waals surface area contributed by atoms with Crippen LogP contribution in [0.3, 0.4) is 0 Å². The molecule has 21 heavy (non-hydrogen) atoms. The van der Waals surface area contributed by atoms with Crippen LogP contribution in [0.2, 0.25) is 0 Å². The zero-order valence-electron chi connectivity index (χ0n) is 14.5. The van der Waals surface area contributed by atoms with E-state index in [1.165, 1.54) is 83.5 Å². The maximum absolute atomic E-state index is 2.75. The van der Waals surface area contributed by atoms with Crippen molar-refractivity contribution in [3.8, 4) is 0 Å². The molecule has 1 heteroatoms. The highest BCUT2D eigenvalue weighted by Crippen LogP contribution is 2.56. The highest BCUT2D eigenvalue weighted by atomic mass is 31.1. The standard InChI is InChI=1S/C20H37P/c1-3-18(4-2)12-11-17-21(19-13-7-5-8-14-19)20-15-9-6-10-16-20/h11,17-20H,3-10,12-16H2,1-2H3. The molecule has 0 aromatic rings. The minimum atomic E-state index is 0.182. The molecule has 122 valence electrons. The summed E-state index contributed by atoms with van der Waals surface area (Å²) < 4.78 is 0. The highest BCUT2D eigenvalue weighted by molar-refractivity contribution is 7.62. The third-order valence-corrected chi connectivity index (χ3v) is 9.17. The van der Waals surface area contributed by atoms with Crippen molar-refractivity contribution in [3.05, 3.63) is 11.9 Å². The van der Waals surface area contributed by atoms with Crippen LogP contribution in [0.25, 0.3) is 0 Å². The first-order valence-electron chi connectivity index (χ1n) is 9.79. The predicted molar refractivity (Wildman–Crippen MR) is 98.5 cm³/mol. The van der Waals surface area contributed by atoms with E-state index in [0.29, 0.717) is 0 Å². The second kappa shape index (κ2) is 10.0.